The van der Waals surface area contributed by atoms with E-state index in [-0.39, 0.29) is 24.8 Å². The predicted octanol–water partition coefficient (Wildman–Crippen LogP) is 4.14. The average Bonchev–Trinajstić information content (AvgIpc) is 3.10. The number of rotatable bonds is 32. The molecule has 2 amide bonds. The second-order valence-corrected chi connectivity index (χ2v) is 14.4. The number of ether oxygens (including phenoxy) is 2. The third-order valence-corrected chi connectivity index (χ3v) is 9.75. The van der Waals surface area contributed by atoms with Gasteiger partial charge in [-0.1, -0.05) is 129 Å². The van der Waals surface area contributed by atoms with Gasteiger partial charge >= 0.3 is 0 Å². The van der Waals surface area contributed by atoms with E-state index in [9.17, 15) is 40.2 Å². The standard InChI is InChI=1S/C38H74N2O10/c1-3-4-5-6-7-8-9-10-12-15-18-21-24-31(43)34(45)30(28-49-38-37(48)36(47)35(46)32(27-41)50-38)40-33(44)25-22-19-16-13-11-14-17-20-23-26-39-29(2)42/h30-32,34-38,41,43,45-48H,3-28H2,1-2H3,(H,39,42)(H,40,44)/t30-,31+,32?,34-,35-,36-,37?,38-/m0/s1. The number of hydrogen-bond donors (Lipinski definition) is 8. The Hall–Kier alpha value is -1.38. The molecule has 8 atom stereocenters. The first-order valence-electron chi connectivity index (χ1n) is 19.9. The van der Waals surface area contributed by atoms with E-state index in [1.54, 1.807) is 0 Å². The van der Waals surface area contributed by atoms with E-state index in [2.05, 4.69) is 17.6 Å². The highest BCUT2D eigenvalue weighted by molar-refractivity contribution is 5.76. The summed E-state index contributed by atoms with van der Waals surface area (Å²) in [5.41, 5.74) is 0. The van der Waals surface area contributed by atoms with Crippen LogP contribution in [0.15, 0.2) is 0 Å². The van der Waals surface area contributed by atoms with Crippen molar-refractivity contribution in [1.29, 1.82) is 0 Å². The molecular weight excluding hydrogens is 644 g/mol. The summed E-state index contributed by atoms with van der Waals surface area (Å²) < 4.78 is 11.1. The highest BCUT2D eigenvalue weighted by Crippen LogP contribution is 2.23. The smallest absolute Gasteiger partial charge is 0.220 e. The van der Waals surface area contributed by atoms with Crippen molar-refractivity contribution in [3.8, 4) is 0 Å². The molecule has 0 aromatic rings. The predicted molar refractivity (Wildman–Crippen MR) is 194 cm³/mol. The number of amides is 2. The SMILES string of the molecule is CCCCCCCCCCCCCC[C@@H](O)[C@@H](O)[C@H](CO[C@H]1OC(CO)[C@H](O)[C@H](O)C1O)NC(=O)CCCCCCCCCCCNC(C)=O. The lowest BCUT2D eigenvalue weighted by atomic mass is 9.98. The van der Waals surface area contributed by atoms with E-state index in [0.717, 1.165) is 83.6 Å². The van der Waals surface area contributed by atoms with Crippen LogP contribution in [-0.4, -0.2) is 111 Å². The van der Waals surface area contributed by atoms with Gasteiger partial charge in [0.15, 0.2) is 6.29 Å². The summed E-state index contributed by atoms with van der Waals surface area (Å²) in [5.74, 6) is -0.280. The molecule has 8 N–H and O–H groups in total. The van der Waals surface area contributed by atoms with E-state index >= 15 is 0 Å². The van der Waals surface area contributed by atoms with Gasteiger partial charge in [0, 0.05) is 19.9 Å². The Morgan fingerprint density at radius 1 is 0.700 bits per heavy atom. The maximum absolute atomic E-state index is 12.9. The second kappa shape index (κ2) is 30.1. The van der Waals surface area contributed by atoms with Crippen molar-refractivity contribution in [1.82, 2.24) is 10.6 Å². The van der Waals surface area contributed by atoms with Crippen molar-refractivity contribution < 1.29 is 49.7 Å². The first kappa shape index (κ1) is 46.6. The van der Waals surface area contributed by atoms with Crippen LogP contribution in [0, 0.1) is 0 Å². The van der Waals surface area contributed by atoms with Crippen molar-refractivity contribution in [3.05, 3.63) is 0 Å². The molecule has 0 radical (unpaired) electrons. The molecule has 50 heavy (non-hydrogen) atoms. The second-order valence-electron chi connectivity index (χ2n) is 14.4. The van der Waals surface area contributed by atoms with Crippen molar-refractivity contribution in [2.75, 3.05) is 19.8 Å². The molecule has 1 aliphatic heterocycles. The maximum atomic E-state index is 12.9. The molecule has 0 spiro atoms. The zero-order chi connectivity index (χ0) is 37.0. The van der Waals surface area contributed by atoms with E-state index in [1.165, 1.54) is 58.3 Å². The van der Waals surface area contributed by atoms with Crippen LogP contribution in [0.25, 0.3) is 0 Å². The van der Waals surface area contributed by atoms with Gasteiger partial charge in [-0.2, -0.15) is 0 Å². The maximum Gasteiger partial charge on any atom is 0.220 e. The summed E-state index contributed by atoms with van der Waals surface area (Å²) in [5, 5.41) is 67.6. The number of aliphatic hydroxyl groups is 6. The van der Waals surface area contributed by atoms with Crippen molar-refractivity contribution >= 4 is 11.8 Å². The van der Waals surface area contributed by atoms with Crippen LogP contribution in [0.4, 0.5) is 0 Å². The lowest BCUT2D eigenvalue weighted by Gasteiger charge is -2.40. The van der Waals surface area contributed by atoms with Crippen LogP contribution in [0.2, 0.25) is 0 Å². The summed E-state index contributed by atoms with van der Waals surface area (Å²) >= 11 is 0. The summed E-state index contributed by atoms with van der Waals surface area (Å²) in [6.07, 6.45) is 14.3. The molecule has 0 aromatic carbocycles. The number of carbonyl (C=O) groups excluding carboxylic acids is 2. The van der Waals surface area contributed by atoms with Gasteiger partial charge < -0.3 is 50.7 Å². The molecule has 1 aliphatic rings. The molecule has 12 heteroatoms. The first-order valence-corrected chi connectivity index (χ1v) is 19.9. The molecule has 1 fully saturated rings. The van der Waals surface area contributed by atoms with Crippen LogP contribution in [0.1, 0.15) is 162 Å². The molecule has 296 valence electrons. The highest BCUT2D eigenvalue weighted by Gasteiger charge is 2.44. The van der Waals surface area contributed by atoms with Crippen LogP contribution in [-0.2, 0) is 19.1 Å². The molecule has 2 unspecified atom stereocenters. The molecule has 0 aliphatic carbocycles. The molecule has 1 saturated heterocycles. The Labute approximate surface area is 302 Å². The normalized spacial score (nSPS) is 22.6. The van der Waals surface area contributed by atoms with Gasteiger partial charge in [0.05, 0.1) is 25.4 Å². The third-order valence-electron chi connectivity index (χ3n) is 9.75. The summed E-state index contributed by atoms with van der Waals surface area (Å²) in [4.78, 5) is 23.8. The monoisotopic (exact) mass is 719 g/mol. The molecule has 0 aromatic heterocycles. The molecule has 0 bridgehead atoms. The quantitative estimate of drug-likeness (QED) is 0.0468. The fraction of sp³-hybridized carbons (Fsp3) is 0.947. The zero-order valence-electron chi connectivity index (χ0n) is 31.3. The Balaban J connectivity index is 2.47. The number of nitrogens with one attached hydrogen (secondary N) is 2. The number of aliphatic hydroxyl groups excluding tert-OH is 6. The lowest BCUT2D eigenvalue weighted by molar-refractivity contribution is -0.303. The first-order chi connectivity index (χ1) is 24.1. The van der Waals surface area contributed by atoms with Crippen LogP contribution < -0.4 is 10.6 Å². The Morgan fingerprint density at radius 3 is 1.72 bits per heavy atom. The fourth-order valence-corrected chi connectivity index (χ4v) is 6.45. The Kier molecular flexibility index (Phi) is 28.1. The molecule has 0 saturated carbocycles. The summed E-state index contributed by atoms with van der Waals surface area (Å²) in [7, 11) is 0. The highest BCUT2D eigenvalue weighted by atomic mass is 16.7. The van der Waals surface area contributed by atoms with Crippen molar-refractivity contribution in [2.24, 2.45) is 0 Å². The van der Waals surface area contributed by atoms with Crippen LogP contribution >= 0.6 is 0 Å². The Morgan fingerprint density at radius 2 is 1.20 bits per heavy atom. The minimum absolute atomic E-state index is 0.00871. The molecule has 1 heterocycles. The van der Waals surface area contributed by atoms with E-state index in [0.29, 0.717) is 12.8 Å². The largest absolute Gasteiger partial charge is 0.394 e. The van der Waals surface area contributed by atoms with Crippen molar-refractivity contribution in [2.45, 2.75) is 210 Å². The van der Waals surface area contributed by atoms with Gasteiger partial charge in [-0.05, 0) is 19.3 Å². The van der Waals surface area contributed by atoms with Gasteiger partial charge in [0.1, 0.15) is 30.5 Å². The van der Waals surface area contributed by atoms with E-state index in [4.69, 9.17) is 9.47 Å². The number of carbonyl (C=O) groups is 2. The Bertz CT molecular complexity index is 835. The van der Waals surface area contributed by atoms with Gasteiger partial charge in [-0.3, -0.25) is 9.59 Å². The van der Waals surface area contributed by atoms with E-state index in [1.807, 2.05) is 0 Å². The van der Waals surface area contributed by atoms with Gasteiger partial charge in [-0.15, -0.1) is 0 Å². The third kappa shape index (κ3) is 21.9. The fourth-order valence-electron chi connectivity index (χ4n) is 6.45. The van der Waals surface area contributed by atoms with Crippen molar-refractivity contribution in [3.63, 3.8) is 0 Å². The summed E-state index contributed by atoms with van der Waals surface area (Å²) in [6, 6.07) is -1.01. The number of hydrogen-bond acceptors (Lipinski definition) is 10. The molecule has 12 nitrogen and oxygen atoms in total. The van der Waals surface area contributed by atoms with Crippen LogP contribution in [0.3, 0.4) is 0 Å². The summed E-state index contributed by atoms with van der Waals surface area (Å²) in [6.45, 7) is 3.56. The van der Waals surface area contributed by atoms with Crippen LogP contribution in [0.5, 0.6) is 0 Å². The topological polar surface area (TPSA) is 198 Å². The minimum Gasteiger partial charge on any atom is -0.394 e. The average molecular weight is 719 g/mol. The lowest BCUT2D eigenvalue weighted by Crippen LogP contribution is -2.60. The van der Waals surface area contributed by atoms with Gasteiger partial charge in [-0.25, -0.2) is 0 Å². The number of unbranched alkanes of at least 4 members (excludes halogenated alkanes) is 19. The van der Waals surface area contributed by atoms with Gasteiger partial charge in [0.2, 0.25) is 11.8 Å². The molecular formula is C38H74N2O10. The van der Waals surface area contributed by atoms with Gasteiger partial charge in [0.25, 0.3) is 0 Å². The van der Waals surface area contributed by atoms with E-state index < -0.39 is 55.6 Å². The zero-order valence-corrected chi connectivity index (χ0v) is 31.3. The minimum atomic E-state index is -1.62. The molecule has 1 rings (SSSR count).